The lowest BCUT2D eigenvalue weighted by Gasteiger charge is -2.34. The molecule has 1 aliphatic rings. The van der Waals surface area contributed by atoms with Crippen molar-refractivity contribution >= 4 is 10.8 Å². The lowest BCUT2D eigenvalue weighted by Crippen LogP contribution is -2.28. The highest BCUT2D eigenvalue weighted by molar-refractivity contribution is 5.97. The Hall–Kier alpha value is -6.90. The summed E-state index contributed by atoms with van der Waals surface area (Å²) in [5.74, 6) is 0.704. The topological polar surface area (TPSA) is 25.8 Å². The summed E-state index contributed by atoms with van der Waals surface area (Å²) >= 11 is 0. The van der Waals surface area contributed by atoms with Gasteiger partial charge in [-0.1, -0.05) is 182 Å². The number of hydrogen-bond acceptors (Lipinski definition) is 2. The van der Waals surface area contributed by atoms with E-state index >= 15 is 0 Å². The van der Waals surface area contributed by atoms with Crippen LogP contribution in [0, 0.1) is 0 Å². The number of aromatic nitrogens is 2. The summed E-state index contributed by atoms with van der Waals surface area (Å²) in [6.07, 6.45) is 0. The molecule has 0 fully saturated rings. The van der Waals surface area contributed by atoms with E-state index < -0.39 is 5.41 Å². The molecule has 0 atom stereocenters. The van der Waals surface area contributed by atoms with Gasteiger partial charge in [-0.05, 0) is 79.5 Å². The summed E-state index contributed by atoms with van der Waals surface area (Å²) in [6, 6.07) is 74.1. The summed E-state index contributed by atoms with van der Waals surface area (Å²) < 4.78 is 0. The van der Waals surface area contributed by atoms with Crippen LogP contribution in [0.2, 0.25) is 0 Å². The average Bonchev–Trinajstić information content (AvgIpc) is 3.54. The molecular weight excluding hydrogens is 641 g/mol. The molecule has 1 aliphatic carbocycles. The first kappa shape index (κ1) is 30.9. The molecule has 0 unspecified atom stereocenters. The molecule has 0 bridgehead atoms. The van der Waals surface area contributed by atoms with Gasteiger partial charge in [-0.3, -0.25) is 0 Å². The van der Waals surface area contributed by atoms with Gasteiger partial charge in [0.25, 0.3) is 0 Å². The van der Waals surface area contributed by atoms with Crippen LogP contribution in [0.5, 0.6) is 0 Å². The van der Waals surface area contributed by atoms with Gasteiger partial charge in [0, 0.05) is 16.7 Å². The smallest absolute Gasteiger partial charge is 0.160 e. The molecule has 10 rings (SSSR count). The van der Waals surface area contributed by atoms with Crippen molar-refractivity contribution in [3.05, 3.63) is 229 Å². The molecule has 0 amide bonds. The minimum atomic E-state index is -0.519. The maximum absolute atomic E-state index is 5.37. The van der Waals surface area contributed by atoms with Crippen LogP contribution in [0.4, 0.5) is 0 Å². The molecule has 0 radical (unpaired) electrons. The first-order valence-electron chi connectivity index (χ1n) is 18.2. The zero-order chi connectivity index (χ0) is 35.2. The predicted octanol–water partition coefficient (Wildman–Crippen LogP) is 12.7. The fraction of sp³-hybridized carbons (Fsp3) is 0.0196. The molecule has 53 heavy (non-hydrogen) atoms. The third-order valence-corrected chi connectivity index (χ3v) is 10.8. The molecule has 0 saturated heterocycles. The number of fused-ring (bicyclic) bond motifs is 4. The number of nitrogens with zero attached hydrogens (tertiary/aromatic N) is 2. The summed E-state index contributed by atoms with van der Waals surface area (Å²) in [6.45, 7) is 0. The third kappa shape index (κ3) is 5.11. The van der Waals surface area contributed by atoms with E-state index in [1.54, 1.807) is 0 Å². The Bertz CT molecular complexity index is 2660. The molecule has 2 heteroatoms. The van der Waals surface area contributed by atoms with E-state index in [9.17, 15) is 0 Å². The highest BCUT2D eigenvalue weighted by Crippen LogP contribution is 2.58. The van der Waals surface area contributed by atoms with Crippen molar-refractivity contribution in [2.24, 2.45) is 0 Å². The van der Waals surface area contributed by atoms with Crippen LogP contribution in [0.3, 0.4) is 0 Å². The van der Waals surface area contributed by atoms with Gasteiger partial charge in [0.15, 0.2) is 5.82 Å². The van der Waals surface area contributed by atoms with Crippen LogP contribution in [-0.4, -0.2) is 9.97 Å². The molecule has 0 aliphatic heterocycles. The van der Waals surface area contributed by atoms with Gasteiger partial charge in [0.05, 0.1) is 16.8 Å². The lowest BCUT2D eigenvalue weighted by atomic mass is 9.67. The number of benzene rings is 8. The maximum Gasteiger partial charge on any atom is 0.160 e. The van der Waals surface area contributed by atoms with Crippen molar-refractivity contribution < 1.29 is 0 Å². The Morgan fingerprint density at radius 3 is 1.57 bits per heavy atom. The molecule has 9 aromatic rings. The van der Waals surface area contributed by atoms with Crippen LogP contribution >= 0.6 is 0 Å². The second-order valence-corrected chi connectivity index (χ2v) is 13.7. The monoisotopic (exact) mass is 674 g/mol. The largest absolute Gasteiger partial charge is 0.228 e. The van der Waals surface area contributed by atoms with E-state index in [1.807, 2.05) is 24.3 Å². The van der Waals surface area contributed by atoms with Crippen molar-refractivity contribution in [2.75, 3.05) is 0 Å². The van der Waals surface area contributed by atoms with E-state index in [0.717, 1.165) is 39.2 Å². The molecule has 1 aromatic heterocycles. The molecule has 0 N–H and O–H groups in total. The quantitative estimate of drug-likeness (QED) is 0.175. The van der Waals surface area contributed by atoms with E-state index in [4.69, 9.17) is 9.97 Å². The van der Waals surface area contributed by atoms with Crippen molar-refractivity contribution in [3.63, 3.8) is 0 Å². The van der Waals surface area contributed by atoms with Crippen molar-refractivity contribution in [1.82, 2.24) is 9.97 Å². The Morgan fingerprint density at radius 2 is 0.868 bits per heavy atom. The second-order valence-electron chi connectivity index (χ2n) is 13.7. The average molecular weight is 675 g/mol. The van der Waals surface area contributed by atoms with E-state index in [1.165, 1.54) is 44.2 Å². The molecule has 1 heterocycles. The minimum absolute atomic E-state index is 0.519. The molecule has 248 valence electrons. The Morgan fingerprint density at radius 1 is 0.302 bits per heavy atom. The second kappa shape index (κ2) is 12.7. The zero-order valence-corrected chi connectivity index (χ0v) is 29.0. The summed E-state index contributed by atoms with van der Waals surface area (Å²) in [4.78, 5) is 10.5. The van der Waals surface area contributed by atoms with E-state index in [-0.39, 0.29) is 0 Å². The fourth-order valence-corrected chi connectivity index (χ4v) is 8.35. The first-order chi connectivity index (χ1) is 26.3. The van der Waals surface area contributed by atoms with E-state index in [2.05, 4.69) is 182 Å². The third-order valence-electron chi connectivity index (χ3n) is 10.8. The predicted molar refractivity (Wildman–Crippen MR) is 219 cm³/mol. The van der Waals surface area contributed by atoms with Crippen molar-refractivity contribution in [2.45, 2.75) is 5.41 Å². The molecule has 8 aromatic carbocycles. The minimum Gasteiger partial charge on any atom is -0.228 e. The first-order valence-corrected chi connectivity index (χ1v) is 18.2. The van der Waals surface area contributed by atoms with Crippen LogP contribution in [-0.2, 0) is 5.41 Å². The fourth-order valence-electron chi connectivity index (χ4n) is 8.35. The molecule has 0 spiro atoms. The maximum atomic E-state index is 5.37. The van der Waals surface area contributed by atoms with Crippen LogP contribution < -0.4 is 0 Å². The summed E-state index contributed by atoms with van der Waals surface area (Å²) in [5.41, 5.74) is 14.1. The highest BCUT2D eigenvalue weighted by Gasteiger charge is 2.46. The van der Waals surface area contributed by atoms with Crippen LogP contribution in [0.1, 0.15) is 22.3 Å². The Labute approximate surface area is 309 Å². The molecular formula is C51H34N2. The van der Waals surface area contributed by atoms with Gasteiger partial charge in [-0.15, -0.1) is 0 Å². The number of rotatable bonds is 6. The van der Waals surface area contributed by atoms with Gasteiger partial charge in [-0.2, -0.15) is 0 Å². The standard InChI is InChI=1S/C51H34N2/c1-5-18-36(19-6-1)48-34-49(53-50(52-48)37-20-7-2-8-21-37)45-32-44-42-27-15-16-28-46(42)51(40-23-9-3-10-24-40,41-25-11-4-12-26-41)47(44)33-43(45)39-30-29-35-17-13-14-22-38(35)31-39/h1-34H. The van der Waals surface area contributed by atoms with E-state index in [0.29, 0.717) is 5.82 Å². The lowest BCUT2D eigenvalue weighted by molar-refractivity contribution is 0.769. The zero-order valence-electron chi connectivity index (χ0n) is 29.0. The van der Waals surface area contributed by atoms with Gasteiger partial charge < -0.3 is 0 Å². The Balaban J connectivity index is 1.33. The van der Waals surface area contributed by atoms with Gasteiger partial charge >= 0.3 is 0 Å². The van der Waals surface area contributed by atoms with Gasteiger partial charge in [0.2, 0.25) is 0 Å². The number of hydrogen-bond donors (Lipinski definition) is 0. The van der Waals surface area contributed by atoms with Crippen LogP contribution in [0.15, 0.2) is 206 Å². The van der Waals surface area contributed by atoms with Gasteiger partial charge in [0.1, 0.15) is 0 Å². The van der Waals surface area contributed by atoms with Gasteiger partial charge in [-0.25, -0.2) is 9.97 Å². The van der Waals surface area contributed by atoms with Crippen molar-refractivity contribution in [1.29, 1.82) is 0 Å². The van der Waals surface area contributed by atoms with Crippen LogP contribution in [0.25, 0.3) is 66.9 Å². The summed E-state index contributed by atoms with van der Waals surface area (Å²) in [7, 11) is 0. The Kier molecular flexibility index (Phi) is 7.40. The summed E-state index contributed by atoms with van der Waals surface area (Å²) in [5, 5.41) is 2.42. The SMILES string of the molecule is c1ccc(-c2cc(-c3cc4c(cc3-c3ccc5ccccc5c3)C(c3ccccc3)(c3ccccc3)c3ccccc3-4)nc(-c3ccccc3)n2)cc1. The normalized spacial score (nSPS) is 12.7. The van der Waals surface area contributed by atoms with Crippen molar-refractivity contribution in [3.8, 4) is 56.2 Å². The highest BCUT2D eigenvalue weighted by atomic mass is 14.9. The molecule has 2 nitrogen and oxygen atoms in total. The molecule has 0 saturated carbocycles.